The van der Waals surface area contributed by atoms with E-state index in [4.69, 9.17) is 4.74 Å². The molecule has 48 heavy (non-hydrogen) atoms. The van der Waals surface area contributed by atoms with Gasteiger partial charge in [0.15, 0.2) is 0 Å². The molecule has 6 heteroatoms. The van der Waals surface area contributed by atoms with Gasteiger partial charge in [0.2, 0.25) is 0 Å². The molecule has 0 aromatic rings. The van der Waals surface area contributed by atoms with Crippen molar-refractivity contribution in [3.05, 3.63) is 11.6 Å². The molecule has 0 radical (unpaired) electrons. The van der Waals surface area contributed by atoms with Crippen molar-refractivity contribution in [1.29, 1.82) is 0 Å². The minimum Gasteiger partial charge on any atom is -0.480 e. The third-order valence-electron chi connectivity index (χ3n) is 13.7. The number of aliphatic carboxylic acids is 1. The van der Waals surface area contributed by atoms with Crippen molar-refractivity contribution in [1.82, 2.24) is 10.2 Å². The maximum atomic E-state index is 11.9. The lowest BCUT2D eigenvalue weighted by atomic mass is 9.46. The van der Waals surface area contributed by atoms with Gasteiger partial charge < -0.3 is 15.2 Å². The number of nitrogens with zero attached hydrogens (tertiary/aromatic N) is 1. The number of carbonyl (C=O) groups is 2. The monoisotopic (exact) mass is 671 g/mol. The maximum absolute atomic E-state index is 11.9. The predicted octanol–water partition coefficient (Wildman–Crippen LogP) is 10.6. The van der Waals surface area contributed by atoms with Crippen LogP contribution >= 0.6 is 0 Å². The largest absolute Gasteiger partial charge is 0.480 e. The number of ether oxygens (including phenoxy) is 1. The zero-order chi connectivity index (χ0) is 35.1. The number of unbranched alkanes of at least 4 members (excludes halogenated alkanes) is 5. The van der Waals surface area contributed by atoms with Crippen molar-refractivity contribution in [3.63, 3.8) is 0 Å². The first-order chi connectivity index (χ1) is 22.6. The van der Waals surface area contributed by atoms with Gasteiger partial charge in [0.25, 0.3) is 0 Å². The zero-order valence-electron chi connectivity index (χ0n) is 32.4. The van der Waals surface area contributed by atoms with Gasteiger partial charge in [-0.05, 0) is 138 Å². The Morgan fingerprint density at radius 1 is 0.938 bits per heavy atom. The van der Waals surface area contributed by atoms with E-state index in [0.29, 0.717) is 23.4 Å². The van der Waals surface area contributed by atoms with Crippen LogP contribution in [0.15, 0.2) is 11.6 Å². The molecule has 0 aromatic heterocycles. The van der Waals surface area contributed by atoms with E-state index in [1.807, 2.05) is 20.8 Å². The van der Waals surface area contributed by atoms with Gasteiger partial charge in [-0.2, -0.15) is 0 Å². The van der Waals surface area contributed by atoms with Gasteiger partial charge in [0.05, 0.1) is 6.54 Å². The van der Waals surface area contributed by atoms with E-state index in [-0.39, 0.29) is 12.6 Å². The summed E-state index contributed by atoms with van der Waals surface area (Å²) in [6, 6.07) is 0.354. The lowest BCUT2D eigenvalue weighted by Crippen LogP contribution is -2.52. The molecule has 0 aromatic carbocycles. The van der Waals surface area contributed by atoms with Crippen LogP contribution in [0.3, 0.4) is 0 Å². The Hall–Kier alpha value is -1.56. The number of hydrogen-bond donors (Lipinski definition) is 2. The number of carbonyl (C=O) groups excluding carboxylic acids is 1. The molecule has 0 unspecified atom stereocenters. The molecule has 6 nitrogen and oxygen atoms in total. The van der Waals surface area contributed by atoms with E-state index in [9.17, 15) is 14.7 Å². The van der Waals surface area contributed by atoms with Gasteiger partial charge >= 0.3 is 12.1 Å². The second kappa shape index (κ2) is 17.1. The summed E-state index contributed by atoms with van der Waals surface area (Å²) in [5.74, 6) is 4.40. The van der Waals surface area contributed by atoms with Crippen LogP contribution in [0.5, 0.6) is 0 Å². The lowest BCUT2D eigenvalue weighted by Gasteiger charge is -2.59. The number of alkyl carbamates (subject to hydrolysis) is 1. The smallest absolute Gasteiger partial charge is 0.407 e. The molecule has 1 amide bonds. The van der Waals surface area contributed by atoms with Crippen molar-refractivity contribution in [2.75, 3.05) is 19.6 Å². The summed E-state index contributed by atoms with van der Waals surface area (Å²) in [7, 11) is 0. The summed E-state index contributed by atoms with van der Waals surface area (Å²) in [5.41, 5.74) is 2.02. The number of allylic oxidation sites excluding steroid dienone is 1. The number of rotatable bonds is 17. The van der Waals surface area contributed by atoms with Crippen molar-refractivity contribution < 1.29 is 19.4 Å². The molecule has 2 N–H and O–H groups in total. The fourth-order valence-corrected chi connectivity index (χ4v) is 11.2. The SMILES string of the molecule is CC(C)CCC[C@@H](C)[C@H]1CC[C@H]2[C@@H]3CC=C4C[C@@H](N(CCCCCCCCNC(=O)OC(C)(C)C)CC(=O)O)CC[C@]4(C)[C@H]3CC[C@]12C. The first-order valence-electron chi connectivity index (χ1n) is 20.3. The Bertz CT molecular complexity index is 1080. The standard InChI is InChI=1S/C42H74N2O4/c1-30(2)16-15-17-31(3)35-20-21-36-34-19-18-32-28-33(22-24-41(32,7)37(34)23-25-42(35,36)8)44(29-38(45)46)27-14-12-10-9-11-13-26-43-39(47)48-40(4,5)6/h18,30-31,33-37H,9-17,19-29H2,1-8H3,(H,43,47)(H,45,46)/t31-,33+,34+,35-,36+,37+,41+,42-/m1/s1. The van der Waals surface area contributed by atoms with E-state index < -0.39 is 11.6 Å². The van der Waals surface area contributed by atoms with Crippen LogP contribution in [-0.4, -0.2) is 53.3 Å². The quantitative estimate of drug-likeness (QED) is 0.119. The highest BCUT2D eigenvalue weighted by atomic mass is 16.6. The van der Waals surface area contributed by atoms with Gasteiger partial charge in [0.1, 0.15) is 5.60 Å². The topological polar surface area (TPSA) is 78.9 Å². The van der Waals surface area contributed by atoms with E-state index in [0.717, 1.165) is 93.4 Å². The van der Waals surface area contributed by atoms with Crippen LogP contribution in [0.25, 0.3) is 0 Å². The molecule has 8 atom stereocenters. The van der Waals surface area contributed by atoms with E-state index in [2.05, 4.69) is 50.9 Å². The minimum absolute atomic E-state index is 0.161. The number of carboxylic acid groups (broad SMARTS) is 1. The molecule has 0 saturated heterocycles. The molecule has 3 saturated carbocycles. The van der Waals surface area contributed by atoms with Crippen LogP contribution in [-0.2, 0) is 9.53 Å². The Labute approximate surface area is 295 Å². The molecule has 0 spiro atoms. The lowest BCUT2D eigenvalue weighted by molar-refractivity contribution is -0.139. The summed E-state index contributed by atoms with van der Waals surface area (Å²) < 4.78 is 5.30. The van der Waals surface area contributed by atoms with Gasteiger partial charge in [-0.15, -0.1) is 0 Å². The highest BCUT2D eigenvalue weighted by Gasteiger charge is 2.59. The van der Waals surface area contributed by atoms with Gasteiger partial charge in [-0.25, -0.2) is 4.79 Å². The number of amides is 1. The third-order valence-corrected chi connectivity index (χ3v) is 13.7. The molecule has 3 fully saturated rings. The fourth-order valence-electron chi connectivity index (χ4n) is 11.2. The molecular formula is C42H74N2O4. The number of carboxylic acids is 1. The fraction of sp³-hybridized carbons (Fsp3) is 0.905. The van der Waals surface area contributed by atoms with Gasteiger partial charge in [-0.1, -0.05) is 91.2 Å². The molecule has 4 aliphatic rings. The Kier molecular flexibility index (Phi) is 14.0. The third kappa shape index (κ3) is 10.0. The van der Waals surface area contributed by atoms with Crippen LogP contribution < -0.4 is 5.32 Å². The molecule has 0 bridgehead atoms. The van der Waals surface area contributed by atoms with Crippen LogP contribution in [0.2, 0.25) is 0 Å². The maximum Gasteiger partial charge on any atom is 0.407 e. The summed E-state index contributed by atoms with van der Waals surface area (Å²) in [4.78, 5) is 26.1. The first kappa shape index (κ1) is 39.2. The second-order valence-electron chi connectivity index (χ2n) is 18.6. The van der Waals surface area contributed by atoms with Crippen LogP contribution in [0.4, 0.5) is 4.79 Å². The normalized spacial score (nSPS) is 32.3. The average molecular weight is 671 g/mol. The first-order valence-corrected chi connectivity index (χ1v) is 20.3. The number of fused-ring (bicyclic) bond motifs is 5. The Morgan fingerprint density at radius 2 is 1.65 bits per heavy atom. The van der Waals surface area contributed by atoms with Crippen molar-refractivity contribution >= 4 is 12.1 Å². The molecule has 4 rings (SSSR count). The van der Waals surface area contributed by atoms with Crippen LogP contribution in [0.1, 0.15) is 165 Å². The summed E-state index contributed by atoms with van der Waals surface area (Å²) >= 11 is 0. The second-order valence-corrected chi connectivity index (χ2v) is 18.6. The molecule has 276 valence electrons. The Morgan fingerprint density at radius 3 is 2.33 bits per heavy atom. The van der Waals surface area contributed by atoms with E-state index in [1.165, 1.54) is 57.8 Å². The molecule has 0 heterocycles. The molecule has 4 aliphatic carbocycles. The van der Waals surface area contributed by atoms with Crippen molar-refractivity contribution in [2.45, 2.75) is 176 Å². The predicted molar refractivity (Wildman–Crippen MR) is 198 cm³/mol. The van der Waals surface area contributed by atoms with Crippen LogP contribution in [0, 0.1) is 46.3 Å². The van der Waals surface area contributed by atoms with E-state index in [1.54, 1.807) is 5.57 Å². The van der Waals surface area contributed by atoms with E-state index >= 15 is 0 Å². The average Bonchev–Trinajstić information content (AvgIpc) is 3.35. The Balaban J connectivity index is 1.25. The summed E-state index contributed by atoms with van der Waals surface area (Å²) in [5, 5.41) is 12.7. The molecule has 0 aliphatic heterocycles. The summed E-state index contributed by atoms with van der Waals surface area (Å²) in [6.07, 6.45) is 23.4. The molecular weight excluding hydrogens is 596 g/mol. The summed E-state index contributed by atoms with van der Waals surface area (Å²) in [6.45, 7) is 19.9. The number of nitrogens with one attached hydrogen (secondary N) is 1. The highest BCUT2D eigenvalue weighted by molar-refractivity contribution is 5.69. The van der Waals surface area contributed by atoms with Gasteiger partial charge in [0, 0.05) is 12.6 Å². The van der Waals surface area contributed by atoms with Crippen molar-refractivity contribution in [3.8, 4) is 0 Å². The number of hydrogen-bond acceptors (Lipinski definition) is 4. The van der Waals surface area contributed by atoms with Gasteiger partial charge in [-0.3, -0.25) is 9.69 Å². The van der Waals surface area contributed by atoms with Crippen molar-refractivity contribution in [2.24, 2.45) is 46.3 Å². The zero-order valence-corrected chi connectivity index (χ0v) is 32.4. The minimum atomic E-state index is -0.695. The highest BCUT2D eigenvalue weighted by Crippen LogP contribution is 2.67.